The van der Waals surface area contributed by atoms with Gasteiger partial charge in [0.1, 0.15) is 23.7 Å². The summed E-state index contributed by atoms with van der Waals surface area (Å²) in [6.45, 7) is 2.41. The molecule has 0 bridgehead atoms. The van der Waals surface area contributed by atoms with Crippen molar-refractivity contribution in [2.45, 2.75) is 13.5 Å². The molecule has 0 saturated carbocycles. The molecule has 3 N–H and O–H groups in total. The third-order valence-electron chi connectivity index (χ3n) is 3.19. The Hall–Kier alpha value is -2.66. The lowest BCUT2D eigenvalue weighted by Gasteiger charge is -2.10. The molecule has 0 spiro atoms. The minimum Gasteiger partial charge on any atom is -0.487 e. The molecule has 0 unspecified atom stereocenters. The van der Waals surface area contributed by atoms with Crippen LogP contribution in [0.15, 0.2) is 48.7 Å². The van der Waals surface area contributed by atoms with E-state index in [-0.39, 0.29) is 0 Å². The highest BCUT2D eigenvalue weighted by Gasteiger charge is 2.05. The van der Waals surface area contributed by atoms with Gasteiger partial charge in [0.05, 0.1) is 0 Å². The zero-order chi connectivity index (χ0) is 14.7. The number of nitrogen functional groups attached to an aromatic ring is 1. The van der Waals surface area contributed by atoms with Gasteiger partial charge in [-0.25, -0.2) is 15.8 Å². The van der Waals surface area contributed by atoms with E-state index in [1.165, 1.54) is 0 Å². The Morgan fingerprint density at radius 3 is 2.95 bits per heavy atom. The first-order chi connectivity index (χ1) is 10.3. The van der Waals surface area contributed by atoms with Crippen molar-refractivity contribution in [1.82, 2.24) is 9.97 Å². The molecule has 0 saturated heterocycles. The van der Waals surface area contributed by atoms with Gasteiger partial charge in [-0.05, 0) is 36.8 Å². The van der Waals surface area contributed by atoms with Gasteiger partial charge in [0.25, 0.3) is 0 Å². The van der Waals surface area contributed by atoms with Crippen LogP contribution in [0, 0.1) is 6.92 Å². The summed E-state index contributed by atoms with van der Waals surface area (Å²) in [5.74, 6) is 6.74. The van der Waals surface area contributed by atoms with E-state index in [1.54, 1.807) is 6.20 Å². The predicted molar refractivity (Wildman–Crippen MR) is 82.9 cm³/mol. The number of anilines is 1. The molecule has 2 heterocycles. The van der Waals surface area contributed by atoms with Crippen LogP contribution in [0.4, 0.5) is 5.82 Å². The number of nitrogens with zero attached hydrogens (tertiary/aromatic N) is 2. The minimum atomic E-state index is 0.436. The molecular weight excluding hydrogens is 264 g/mol. The molecule has 3 aromatic rings. The lowest BCUT2D eigenvalue weighted by molar-refractivity contribution is 0.309. The summed E-state index contributed by atoms with van der Waals surface area (Å²) in [6, 6.07) is 13.7. The summed E-state index contributed by atoms with van der Waals surface area (Å²) >= 11 is 0. The molecule has 2 aromatic heterocycles. The number of aromatic nitrogens is 2. The maximum atomic E-state index is 5.90. The number of hydrogen-bond acceptors (Lipinski definition) is 5. The SMILES string of the molecule is Cc1ccc2cccc(OCc3ccnc(NN)c3)c2n1. The van der Waals surface area contributed by atoms with Gasteiger partial charge in [0.2, 0.25) is 0 Å². The Balaban J connectivity index is 1.86. The molecular formula is C16H16N4O. The number of para-hydroxylation sites is 1. The molecule has 1 aromatic carbocycles. The predicted octanol–water partition coefficient (Wildman–Crippen LogP) is 2.80. The highest BCUT2D eigenvalue weighted by atomic mass is 16.5. The number of hydrogen-bond donors (Lipinski definition) is 2. The van der Waals surface area contributed by atoms with Gasteiger partial charge in [-0.15, -0.1) is 0 Å². The second-order valence-electron chi connectivity index (χ2n) is 4.76. The highest BCUT2D eigenvalue weighted by Crippen LogP contribution is 2.24. The van der Waals surface area contributed by atoms with Gasteiger partial charge in [0, 0.05) is 17.3 Å². The van der Waals surface area contributed by atoms with E-state index in [0.717, 1.165) is 27.9 Å². The number of benzene rings is 1. The van der Waals surface area contributed by atoms with E-state index in [9.17, 15) is 0 Å². The summed E-state index contributed by atoms with van der Waals surface area (Å²) in [6.07, 6.45) is 1.69. The maximum Gasteiger partial charge on any atom is 0.146 e. The van der Waals surface area contributed by atoms with Gasteiger partial charge in [-0.1, -0.05) is 18.2 Å². The molecule has 0 fully saturated rings. The smallest absolute Gasteiger partial charge is 0.146 e. The zero-order valence-electron chi connectivity index (χ0n) is 11.7. The average Bonchev–Trinajstić information content (AvgIpc) is 2.53. The molecule has 0 atom stereocenters. The summed E-state index contributed by atoms with van der Waals surface area (Å²) in [7, 11) is 0. The second kappa shape index (κ2) is 5.76. The summed E-state index contributed by atoms with van der Waals surface area (Å²) in [4.78, 5) is 8.62. The van der Waals surface area contributed by atoms with Crippen molar-refractivity contribution in [2.75, 3.05) is 5.43 Å². The van der Waals surface area contributed by atoms with Crippen LogP contribution in [-0.2, 0) is 6.61 Å². The van der Waals surface area contributed by atoms with E-state index in [0.29, 0.717) is 12.4 Å². The number of nitrogens with two attached hydrogens (primary N) is 1. The number of aryl methyl sites for hydroxylation is 1. The number of ether oxygens (including phenoxy) is 1. The van der Waals surface area contributed by atoms with Crippen molar-refractivity contribution in [3.05, 3.63) is 59.9 Å². The van der Waals surface area contributed by atoms with E-state index >= 15 is 0 Å². The van der Waals surface area contributed by atoms with Crippen LogP contribution in [0.1, 0.15) is 11.3 Å². The third-order valence-corrected chi connectivity index (χ3v) is 3.19. The lowest BCUT2D eigenvalue weighted by Crippen LogP contribution is -2.09. The Morgan fingerprint density at radius 2 is 2.10 bits per heavy atom. The van der Waals surface area contributed by atoms with E-state index in [2.05, 4.69) is 15.4 Å². The second-order valence-corrected chi connectivity index (χ2v) is 4.76. The van der Waals surface area contributed by atoms with Gasteiger partial charge in [0.15, 0.2) is 0 Å². The highest BCUT2D eigenvalue weighted by molar-refractivity contribution is 5.84. The number of nitrogens with one attached hydrogen (secondary N) is 1. The van der Waals surface area contributed by atoms with Crippen molar-refractivity contribution >= 4 is 16.7 Å². The molecule has 0 aliphatic rings. The van der Waals surface area contributed by atoms with Gasteiger partial charge in [-0.2, -0.15) is 0 Å². The third kappa shape index (κ3) is 2.93. The fourth-order valence-electron chi connectivity index (χ4n) is 2.14. The van der Waals surface area contributed by atoms with Crippen LogP contribution >= 0.6 is 0 Å². The van der Waals surface area contributed by atoms with Crippen molar-refractivity contribution in [3.63, 3.8) is 0 Å². The maximum absolute atomic E-state index is 5.90. The number of fused-ring (bicyclic) bond motifs is 1. The number of hydrazine groups is 1. The average molecular weight is 280 g/mol. The van der Waals surface area contributed by atoms with Crippen molar-refractivity contribution < 1.29 is 4.74 Å². The quantitative estimate of drug-likeness (QED) is 0.568. The van der Waals surface area contributed by atoms with Crippen LogP contribution in [0.2, 0.25) is 0 Å². The van der Waals surface area contributed by atoms with Gasteiger partial charge in [-0.3, -0.25) is 0 Å². The molecule has 0 radical (unpaired) electrons. The fourth-order valence-corrected chi connectivity index (χ4v) is 2.14. The molecule has 106 valence electrons. The summed E-state index contributed by atoms with van der Waals surface area (Å²) < 4.78 is 5.90. The summed E-state index contributed by atoms with van der Waals surface area (Å²) in [5, 5.41) is 1.07. The van der Waals surface area contributed by atoms with E-state index < -0.39 is 0 Å². The Bertz CT molecular complexity index is 773. The van der Waals surface area contributed by atoms with E-state index in [1.807, 2.05) is 49.4 Å². The monoisotopic (exact) mass is 280 g/mol. The Kier molecular flexibility index (Phi) is 3.66. The molecule has 5 nitrogen and oxygen atoms in total. The zero-order valence-corrected chi connectivity index (χ0v) is 11.7. The molecule has 0 amide bonds. The fraction of sp³-hybridized carbons (Fsp3) is 0.125. The van der Waals surface area contributed by atoms with Crippen molar-refractivity contribution in [3.8, 4) is 5.75 Å². The molecule has 0 aliphatic carbocycles. The van der Waals surface area contributed by atoms with Crippen LogP contribution in [-0.4, -0.2) is 9.97 Å². The van der Waals surface area contributed by atoms with Crippen molar-refractivity contribution in [2.24, 2.45) is 5.84 Å². The molecule has 3 rings (SSSR count). The first-order valence-electron chi connectivity index (χ1n) is 6.67. The number of rotatable bonds is 4. The number of pyridine rings is 2. The standard InChI is InChI=1S/C16H16N4O/c1-11-5-6-13-3-2-4-14(16(13)19-11)21-10-12-7-8-18-15(9-12)20-17/h2-9H,10,17H2,1H3,(H,18,20). The molecule has 0 aliphatic heterocycles. The molecule has 21 heavy (non-hydrogen) atoms. The Morgan fingerprint density at radius 1 is 1.19 bits per heavy atom. The van der Waals surface area contributed by atoms with Crippen LogP contribution < -0.4 is 16.0 Å². The summed E-state index contributed by atoms with van der Waals surface area (Å²) in [5.41, 5.74) is 5.36. The normalized spacial score (nSPS) is 10.6. The first-order valence-corrected chi connectivity index (χ1v) is 6.67. The van der Waals surface area contributed by atoms with Crippen molar-refractivity contribution in [1.29, 1.82) is 0 Å². The topological polar surface area (TPSA) is 73.1 Å². The molecule has 5 heteroatoms. The van der Waals surface area contributed by atoms with Gasteiger partial charge >= 0.3 is 0 Å². The minimum absolute atomic E-state index is 0.436. The Labute approximate surface area is 122 Å². The first kappa shape index (κ1) is 13.3. The largest absolute Gasteiger partial charge is 0.487 e. The van der Waals surface area contributed by atoms with Crippen LogP contribution in [0.5, 0.6) is 5.75 Å². The lowest BCUT2D eigenvalue weighted by atomic mass is 10.2. The van der Waals surface area contributed by atoms with E-state index in [4.69, 9.17) is 10.6 Å². The van der Waals surface area contributed by atoms with Gasteiger partial charge < -0.3 is 10.2 Å². The van der Waals surface area contributed by atoms with Crippen LogP contribution in [0.3, 0.4) is 0 Å². The van der Waals surface area contributed by atoms with Crippen LogP contribution in [0.25, 0.3) is 10.9 Å².